The van der Waals surface area contributed by atoms with Crippen molar-refractivity contribution in [3.63, 3.8) is 0 Å². The fraction of sp³-hybridized carbons (Fsp3) is 0.727. The second-order valence-electron chi connectivity index (χ2n) is 4.03. The van der Waals surface area contributed by atoms with Gasteiger partial charge in [-0.3, -0.25) is 4.79 Å². The van der Waals surface area contributed by atoms with Crippen LogP contribution in [-0.4, -0.2) is 29.0 Å². The maximum Gasteiger partial charge on any atom is 0.138 e. The van der Waals surface area contributed by atoms with Gasteiger partial charge in [0.1, 0.15) is 5.78 Å². The zero-order chi connectivity index (χ0) is 12.1. The third-order valence-electron chi connectivity index (χ3n) is 2.01. The molecular formula is C11H20O2S2. The van der Waals surface area contributed by atoms with Crippen LogP contribution < -0.4 is 0 Å². The molecule has 0 aromatic rings. The summed E-state index contributed by atoms with van der Waals surface area (Å²) in [6.45, 7) is 5.39. The van der Waals surface area contributed by atoms with Crippen molar-refractivity contribution in [3.05, 3.63) is 10.3 Å². The second-order valence-corrected chi connectivity index (χ2v) is 5.98. The van der Waals surface area contributed by atoms with E-state index in [1.54, 1.807) is 36.5 Å². The van der Waals surface area contributed by atoms with Gasteiger partial charge in [-0.05, 0) is 25.5 Å². The van der Waals surface area contributed by atoms with Crippen molar-refractivity contribution in [3.8, 4) is 0 Å². The van der Waals surface area contributed by atoms with Gasteiger partial charge >= 0.3 is 0 Å². The minimum Gasteiger partial charge on any atom is -0.386 e. The molecule has 0 aliphatic carbocycles. The van der Waals surface area contributed by atoms with Crippen molar-refractivity contribution < 1.29 is 9.90 Å². The van der Waals surface area contributed by atoms with E-state index in [1.807, 2.05) is 26.4 Å². The Morgan fingerprint density at radius 1 is 1.40 bits per heavy atom. The zero-order valence-electron chi connectivity index (χ0n) is 10.0. The maximum atomic E-state index is 11.5. The Bertz CT molecular complexity index is 239. The summed E-state index contributed by atoms with van der Waals surface area (Å²) >= 11 is 3.17. The third-order valence-corrected chi connectivity index (χ3v) is 4.05. The standard InChI is InChI=1S/C11H20O2S2/c1-8(2)9(12)6-11(3,13)7-10(14-4)15-5/h7-8,13H,6H2,1-5H3. The lowest BCUT2D eigenvalue weighted by Gasteiger charge is -2.20. The molecule has 4 heteroatoms. The number of hydrogen-bond acceptors (Lipinski definition) is 4. The minimum absolute atomic E-state index is 0.0168. The summed E-state index contributed by atoms with van der Waals surface area (Å²) < 4.78 is 1.04. The van der Waals surface area contributed by atoms with E-state index in [2.05, 4.69) is 0 Å². The predicted molar refractivity (Wildman–Crippen MR) is 70.2 cm³/mol. The van der Waals surface area contributed by atoms with Gasteiger partial charge in [-0.15, -0.1) is 23.5 Å². The molecule has 88 valence electrons. The quantitative estimate of drug-likeness (QED) is 0.784. The molecule has 0 radical (unpaired) electrons. The Labute approximate surface area is 101 Å². The monoisotopic (exact) mass is 248 g/mol. The van der Waals surface area contributed by atoms with Gasteiger partial charge in [0, 0.05) is 16.6 Å². The van der Waals surface area contributed by atoms with E-state index in [0.717, 1.165) is 4.24 Å². The van der Waals surface area contributed by atoms with Crippen LogP contribution in [0.1, 0.15) is 27.2 Å². The van der Waals surface area contributed by atoms with Crippen LogP contribution in [0.3, 0.4) is 0 Å². The summed E-state index contributed by atoms with van der Waals surface area (Å²) in [5.41, 5.74) is -1.03. The number of hydrogen-bond donors (Lipinski definition) is 1. The molecule has 0 rings (SSSR count). The molecule has 0 fully saturated rings. The van der Waals surface area contributed by atoms with E-state index in [1.165, 1.54) is 0 Å². The zero-order valence-corrected chi connectivity index (χ0v) is 11.7. The topological polar surface area (TPSA) is 37.3 Å². The lowest BCUT2D eigenvalue weighted by molar-refractivity contribution is -0.125. The maximum absolute atomic E-state index is 11.5. The number of rotatable bonds is 6. The van der Waals surface area contributed by atoms with Gasteiger partial charge in [0.2, 0.25) is 0 Å². The fourth-order valence-corrected chi connectivity index (χ4v) is 2.47. The summed E-state index contributed by atoms with van der Waals surface area (Å²) in [6.07, 6.45) is 5.88. The van der Waals surface area contributed by atoms with Gasteiger partial charge in [-0.1, -0.05) is 13.8 Å². The molecule has 2 nitrogen and oxygen atoms in total. The normalized spacial score (nSPS) is 14.9. The highest BCUT2D eigenvalue weighted by molar-refractivity contribution is 8.21. The Morgan fingerprint density at radius 3 is 2.20 bits per heavy atom. The minimum atomic E-state index is -1.03. The molecule has 0 aromatic carbocycles. The molecule has 0 bridgehead atoms. The summed E-state index contributed by atoms with van der Waals surface area (Å²) in [5, 5.41) is 10.0. The number of thioether (sulfide) groups is 2. The number of carbonyl (C=O) groups excluding carboxylic acids is 1. The highest BCUT2D eigenvalue weighted by Gasteiger charge is 2.23. The third kappa shape index (κ3) is 6.28. The van der Waals surface area contributed by atoms with Gasteiger partial charge in [-0.25, -0.2) is 0 Å². The molecule has 0 spiro atoms. The SMILES string of the molecule is CSC(=CC(C)(O)CC(=O)C(C)C)SC. The molecule has 1 unspecified atom stereocenters. The Kier molecular flexibility index (Phi) is 6.64. The van der Waals surface area contributed by atoms with E-state index in [0.29, 0.717) is 0 Å². The van der Waals surface area contributed by atoms with E-state index in [4.69, 9.17) is 0 Å². The first kappa shape index (κ1) is 15.1. The van der Waals surface area contributed by atoms with Gasteiger partial charge in [-0.2, -0.15) is 0 Å². The van der Waals surface area contributed by atoms with Gasteiger partial charge in [0.25, 0.3) is 0 Å². The van der Waals surface area contributed by atoms with Crippen LogP contribution in [0, 0.1) is 5.92 Å². The average molecular weight is 248 g/mol. The fourth-order valence-electron chi connectivity index (χ4n) is 1.06. The van der Waals surface area contributed by atoms with Crippen LogP contribution in [0.4, 0.5) is 0 Å². The molecule has 0 aromatic heterocycles. The van der Waals surface area contributed by atoms with E-state index in [9.17, 15) is 9.90 Å². The Balaban J connectivity index is 4.54. The van der Waals surface area contributed by atoms with Crippen molar-refractivity contribution >= 4 is 29.3 Å². The number of aliphatic hydroxyl groups is 1. The van der Waals surface area contributed by atoms with Crippen molar-refractivity contribution in [2.24, 2.45) is 5.92 Å². The van der Waals surface area contributed by atoms with E-state index in [-0.39, 0.29) is 18.1 Å². The molecule has 1 N–H and O–H groups in total. The smallest absolute Gasteiger partial charge is 0.138 e. The van der Waals surface area contributed by atoms with E-state index >= 15 is 0 Å². The summed E-state index contributed by atoms with van der Waals surface area (Å²) in [6, 6.07) is 0. The van der Waals surface area contributed by atoms with Crippen molar-refractivity contribution in [2.75, 3.05) is 12.5 Å². The number of ketones is 1. The van der Waals surface area contributed by atoms with Crippen molar-refractivity contribution in [1.29, 1.82) is 0 Å². The lowest BCUT2D eigenvalue weighted by atomic mass is 9.94. The van der Waals surface area contributed by atoms with Crippen molar-refractivity contribution in [2.45, 2.75) is 32.8 Å². The molecule has 0 aliphatic heterocycles. The summed E-state index contributed by atoms with van der Waals surface area (Å²) in [5.74, 6) is 0.0784. The molecule has 0 saturated carbocycles. The van der Waals surface area contributed by atoms with Crippen molar-refractivity contribution in [1.82, 2.24) is 0 Å². The second kappa shape index (κ2) is 6.61. The predicted octanol–water partition coefficient (Wildman–Crippen LogP) is 2.92. The first-order chi connectivity index (χ1) is 6.82. The molecule has 0 aliphatic rings. The molecular weight excluding hydrogens is 228 g/mol. The van der Waals surface area contributed by atoms with E-state index < -0.39 is 5.60 Å². The van der Waals surface area contributed by atoms with Gasteiger partial charge in [0.05, 0.1) is 5.60 Å². The van der Waals surface area contributed by atoms with Crippen LogP contribution in [0.2, 0.25) is 0 Å². The molecule has 1 atom stereocenters. The molecule has 0 amide bonds. The number of carbonyl (C=O) groups is 1. The summed E-state index contributed by atoms with van der Waals surface area (Å²) in [4.78, 5) is 11.5. The first-order valence-electron chi connectivity index (χ1n) is 4.88. The van der Waals surface area contributed by atoms with Gasteiger partial charge in [0.15, 0.2) is 0 Å². The summed E-state index contributed by atoms with van der Waals surface area (Å²) in [7, 11) is 0. The molecule has 0 heterocycles. The largest absolute Gasteiger partial charge is 0.386 e. The highest BCUT2D eigenvalue weighted by atomic mass is 32.2. The van der Waals surface area contributed by atoms with Crippen LogP contribution in [0.15, 0.2) is 10.3 Å². The Morgan fingerprint density at radius 2 is 1.87 bits per heavy atom. The first-order valence-corrected chi connectivity index (χ1v) is 7.33. The average Bonchev–Trinajstić information content (AvgIpc) is 2.13. The lowest BCUT2D eigenvalue weighted by Crippen LogP contribution is -2.27. The van der Waals surface area contributed by atoms with Crippen LogP contribution in [-0.2, 0) is 4.79 Å². The van der Waals surface area contributed by atoms with Crippen LogP contribution in [0.5, 0.6) is 0 Å². The Hall–Kier alpha value is 0.0700. The number of Topliss-reactive ketones (excluding diaryl/α,β-unsaturated/α-hetero) is 1. The van der Waals surface area contributed by atoms with Gasteiger partial charge < -0.3 is 5.11 Å². The molecule has 15 heavy (non-hydrogen) atoms. The van der Waals surface area contributed by atoms with Crippen LogP contribution >= 0.6 is 23.5 Å². The van der Waals surface area contributed by atoms with Crippen LogP contribution in [0.25, 0.3) is 0 Å². The molecule has 0 saturated heterocycles. The highest BCUT2D eigenvalue weighted by Crippen LogP contribution is 2.28.